The maximum absolute atomic E-state index is 13.0. The van der Waals surface area contributed by atoms with Crippen molar-refractivity contribution >= 4 is 27.5 Å². The summed E-state index contributed by atoms with van der Waals surface area (Å²) >= 11 is 0. The molecule has 2 nitrogen and oxygen atoms in total. The van der Waals surface area contributed by atoms with Gasteiger partial charge in [0.2, 0.25) is 5.91 Å². The molecule has 0 aliphatic rings. The van der Waals surface area contributed by atoms with Crippen molar-refractivity contribution in [2.75, 3.05) is 14.1 Å². The summed E-state index contributed by atoms with van der Waals surface area (Å²) in [6.45, 7) is 0. The van der Waals surface area contributed by atoms with Gasteiger partial charge >= 0.3 is 0 Å². The standard InChI is InChI=1S/C24H21NO/c1-25(2)24(26)23(21-13-11-17-7-3-5-9-19(17)15-21)22-14-12-18-8-4-6-10-20(18)16-22/h3-16,23H,1-2H3. The summed E-state index contributed by atoms with van der Waals surface area (Å²) < 4.78 is 0. The van der Waals surface area contributed by atoms with Crippen molar-refractivity contribution in [1.29, 1.82) is 0 Å². The molecule has 0 aliphatic carbocycles. The van der Waals surface area contributed by atoms with Crippen LogP contribution in [-0.2, 0) is 4.79 Å². The van der Waals surface area contributed by atoms with Crippen LogP contribution < -0.4 is 0 Å². The van der Waals surface area contributed by atoms with E-state index >= 15 is 0 Å². The van der Waals surface area contributed by atoms with Gasteiger partial charge in [-0.2, -0.15) is 0 Å². The van der Waals surface area contributed by atoms with Gasteiger partial charge in [-0.05, 0) is 32.7 Å². The minimum Gasteiger partial charge on any atom is -0.348 e. The number of rotatable bonds is 3. The number of amides is 1. The number of hydrogen-bond acceptors (Lipinski definition) is 1. The smallest absolute Gasteiger partial charge is 0.234 e. The zero-order chi connectivity index (χ0) is 18.1. The Balaban J connectivity index is 1.88. The Morgan fingerprint density at radius 1 is 0.654 bits per heavy atom. The van der Waals surface area contributed by atoms with E-state index in [1.807, 2.05) is 38.4 Å². The van der Waals surface area contributed by atoms with E-state index in [1.54, 1.807) is 4.90 Å². The molecule has 0 fully saturated rings. The van der Waals surface area contributed by atoms with Crippen LogP contribution in [0.5, 0.6) is 0 Å². The van der Waals surface area contributed by atoms with Gasteiger partial charge in [-0.25, -0.2) is 0 Å². The minimum absolute atomic E-state index is 0.0931. The zero-order valence-corrected chi connectivity index (χ0v) is 15.0. The molecular formula is C24H21NO. The highest BCUT2D eigenvalue weighted by Crippen LogP contribution is 2.31. The van der Waals surface area contributed by atoms with Crippen molar-refractivity contribution in [2.45, 2.75) is 5.92 Å². The van der Waals surface area contributed by atoms with E-state index in [1.165, 1.54) is 10.8 Å². The average Bonchev–Trinajstić information content (AvgIpc) is 2.68. The summed E-state index contributed by atoms with van der Waals surface area (Å²) in [5.41, 5.74) is 2.05. The molecule has 0 atom stereocenters. The SMILES string of the molecule is CN(C)C(=O)C(c1ccc2ccccc2c1)c1ccc2ccccc2c1. The lowest BCUT2D eigenvalue weighted by atomic mass is 9.87. The van der Waals surface area contributed by atoms with Gasteiger partial charge in [0.1, 0.15) is 0 Å². The van der Waals surface area contributed by atoms with Crippen LogP contribution in [0.1, 0.15) is 17.0 Å². The summed E-state index contributed by atoms with van der Waals surface area (Å²) in [7, 11) is 3.63. The van der Waals surface area contributed by atoms with Crippen molar-refractivity contribution < 1.29 is 4.79 Å². The Morgan fingerprint density at radius 3 is 1.50 bits per heavy atom. The predicted molar refractivity (Wildman–Crippen MR) is 108 cm³/mol. The van der Waals surface area contributed by atoms with Crippen LogP contribution in [0.25, 0.3) is 21.5 Å². The Kier molecular flexibility index (Phi) is 4.18. The number of likely N-dealkylation sites (N-methyl/N-ethyl adjacent to an activating group) is 1. The molecule has 0 N–H and O–H groups in total. The molecule has 0 aromatic heterocycles. The van der Waals surface area contributed by atoms with Gasteiger partial charge in [-0.3, -0.25) is 4.79 Å². The number of hydrogen-bond donors (Lipinski definition) is 0. The fourth-order valence-corrected chi connectivity index (χ4v) is 3.51. The summed E-state index contributed by atoms with van der Waals surface area (Å²) in [5.74, 6) is -0.213. The summed E-state index contributed by atoms with van der Waals surface area (Å²) in [5, 5.41) is 4.68. The summed E-state index contributed by atoms with van der Waals surface area (Å²) in [6, 6.07) is 29.1. The van der Waals surface area contributed by atoms with Crippen LogP contribution >= 0.6 is 0 Å². The van der Waals surface area contributed by atoms with Crippen molar-refractivity contribution in [2.24, 2.45) is 0 Å². The lowest BCUT2D eigenvalue weighted by Crippen LogP contribution is -2.29. The van der Waals surface area contributed by atoms with Gasteiger partial charge < -0.3 is 4.90 Å². The van der Waals surface area contributed by atoms with Crippen molar-refractivity contribution in [3.8, 4) is 0 Å². The fraction of sp³-hybridized carbons (Fsp3) is 0.125. The maximum atomic E-state index is 13.0. The van der Waals surface area contributed by atoms with E-state index in [0.29, 0.717) is 0 Å². The van der Waals surface area contributed by atoms with E-state index < -0.39 is 0 Å². The van der Waals surface area contributed by atoms with Gasteiger partial charge in [0.05, 0.1) is 5.92 Å². The topological polar surface area (TPSA) is 20.3 Å². The lowest BCUT2D eigenvalue weighted by Gasteiger charge is -2.22. The number of carbonyl (C=O) groups excluding carboxylic acids is 1. The molecule has 4 rings (SSSR count). The van der Waals surface area contributed by atoms with Gasteiger partial charge in [0, 0.05) is 14.1 Å². The first-order valence-corrected chi connectivity index (χ1v) is 8.82. The molecule has 0 spiro atoms. The molecule has 4 aromatic carbocycles. The second-order valence-electron chi connectivity index (χ2n) is 6.88. The first kappa shape index (κ1) is 16.3. The third-order valence-electron chi connectivity index (χ3n) is 4.90. The van der Waals surface area contributed by atoms with Crippen LogP contribution in [0, 0.1) is 0 Å². The number of fused-ring (bicyclic) bond motifs is 2. The molecule has 1 amide bonds. The molecule has 0 unspecified atom stereocenters. The van der Waals surface area contributed by atoms with Gasteiger partial charge in [0.15, 0.2) is 0 Å². The molecule has 0 saturated carbocycles. The average molecular weight is 339 g/mol. The zero-order valence-electron chi connectivity index (χ0n) is 15.0. The van der Waals surface area contributed by atoms with E-state index in [2.05, 4.69) is 60.7 Å². The van der Waals surface area contributed by atoms with E-state index in [0.717, 1.165) is 21.9 Å². The maximum Gasteiger partial charge on any atom is 0.234 e. The highest BCUT2D eigenvalue weighted by atomic mass is 16.2. The van der Waals surface area contributed by atoms with E-state index in [-0.39, 0.29) is 11.8 Å². The molecule has 4 aromatic rings. The first-order valence-electron chi connectivity index (χ1n) is 8.82. The largest absolute Gasteiger partial charge is 0.348 e. The molecule has 0 saturated heterocycles. The normalized spacial score (nSPS) is 11.2. The molecule has 0 radical (unpaired) electrons. The molecule has 128 valence electrons. The molecule has 26 heavy (non-hydrogen) atoms. The Labute approximate surface area is 153 Å². The van der Waals surface area contributed by atoms with Crippen LogP contribution in [0.4, 0.5) is 0 Å². The monoisotopic (exact) mass is 339 g/mol. The number of nitrogens with zero attached hydrogens (tertiary/aromatic N) is 1. The van der Waals surface area contributed by atoms with E-state index in [9.17, 15) is 4.79 Å². The highest BCUT2D eigenvalue weighted by molar-refractivity contribution is 5.92. The molecule has 2 heteroatoms. The second kappa shape index (κ2) is 6.64. The first-order chi connectivity index (χ1) is 12.6. The van der Waals surface area contributed by atoms with Gasteiger partial charge in [-0.15, -0.1) is 0 Å². The second-order valence-corrected chi connectivity index (χ2v) is 6.88. The molecule has 0 aliphatic heterocycles. The van der Waals surface area contributed by atoms with Crippen molar-refractivity contribution in [3.63, 3.8) is 0 Å². The van der Waals surface area contributed by atoms with E-state index in [4.69, 9.17) is 0 Å². The summed E-state index contributed by atoms with van der Waals surface area (Å²) in [6.07, 6.45) is 0. The third kappa shape index (κ3) is 2.95. The highest BCUT2D eigenvalue weighted by Gasteiger charge is 2.24. The fourth-order valence-electron chi connectivity index (χ4n) is 3.51. The van der Waals surface area contributed by atoms with Crippen molar-refractivity contribution in [3.05, 3.63) is 96.1 Å². The quantitative estimate of drug-likeness (QED) is 0.501. The molecule has 0 heterocycles. The number of benzene rings is 4. The number of carbonyl (C=O) groups is 1. The minimum atomic E-state index is -0.306. The Morgan fingerprint density at radius 2 is 1.08 bits per heavy atom. The van der Waals surface area contributed by atoms with Crippen LogP contribution in [0.3, 0.4) is 0 Å². The van der Waals surface area contributed by atoms with Crippen LogP contribution in [0.15, 0.2) is 84.9 Å². The Hall–Kier alpha value is -3.13. The third-order valence-corrected chi connectivity index (χ3v) is 4.90. The molecule has 0 bridgehead atoms. The molecular weight excluding hydrogens is 318 g/mol. The van der Waals surface area contributed by atoms with Gasteiger partial charge in [-0.1, -0.05) is 84.9 Å². The van der Waals surface area contributed by atoms with Crippen LogP contribution in [0.2, 0.25) is 0 Å². The lowest BCUT2D eigenvalue weighted by molar-refractivity contribution is -0.129. The summed E-state index contributed by atoms with van der Waals surface area (Å²) in [4.78, 5) is 14.7. The Bertz CT molecular complexity index is 1020. The van der Waals surface area contributed by atoms with Crippen LogP contribution in [-0.4, -0.2) is 24.9 Å². The van der Waals surface area contributed by atoms with Crippen molar-refractivity contribution in [1.82, 2.24) is 4.90 Å². The van der Waals surface area contributed by atoms with Gasteiger partial charge in [0.25, 0.3) is 0 Å². The predicted octanol–water partition coefficient (Wildman–Crippen LogP) is 5.21.